The van der Waals surface area contributed by atoms with Crippen LogP contribution in [0.3, 0.4) is 0 Å². The quantitative estimate of drug-likeness (QED) is 0.365. The Labute approximate surface area is 201 Å². The van der Waals surface area contributed by atoms with E-state index in [1.54, 1.807) is 0 Å². The number of aliphatic imine (C=N–C) groups is 1. The highest BCUT2D eigenvalue weighted by Gasteiger charge is 2.21. The van der Waals surface area contributed by atoms with Gasteiger partial charge in [0.2, 0.25) is 0 Å². The Bertz CT molecular complexity index is 826. The molecule has 2 aliphatic rings. The number of halogens is 1. The van der Waals surface area contributed by atoms with Gasteiger partial charge in [-0.15, -0.1) is 24.0 Å². The molecule has 0 saturated carbocycles. The number of pyridine rings is 2. The van der Waals surface area contributed by atoms with Crippen LogP contribution in [-0.4, -0.2) is 79.9 Å². The molecule has 8 nitrogen and oxygen atoms in total. The largest absolute Gasteiger partial charge is 0.375 e. The predicted octanol–water partition coefficient (Wildman–Crippen LogP) is 2.22. The van der Waals surface area contributed by atoms with Crippen molar-refractivity contribution in [3.63, 3.8) is 0 Å². The van der Waals surface area contributed by atoms with Crippen LogP contribution in [0, 0.1) is 0 Å². The highest BCUT2D eigenvalue weighted by Crippen LogP contribution is 2.16. The Morgan fingerprint density at radius 3 is 2.52 bits per heavy atom. The fourth-order valence-electron chi connectivity index (χ4n) is 3.94. The van der Waals surface area contributed by atoms with Gasteiger partial charge in [-0.25, -0.2) is 9.97 Å². The molecule has 0 bridgehead atoms. The molecule has 168 valence electrons. The van der Waals surface area contributed by atoms with Crippen molar-refractivity contribution in [2.75, 3.05) is 62.7 Å². The SMILES string of the molecule is CN=C(NCc1ccc(N2CCOC(C)C2)nc1)N1CCN(c2ccccn2)CC1.I. The molecule has 0 aromatic carbocycles. The summed E-state index contributed by atoms with van der Waals surface area (Å²) in [6, 6.07) is 10.3. The minimum Gasteiger partial charge on any atom is -0.375 e. The summed E-state index contributed by atoms with van der Waals surface area (Å²) in [6.07, 6.45) is 4.05. The maximum atomic E-state index is 5.62. The summed E-state index contributed by atoms with van der Waals surface area (Å²) in [5.41, 5.74) is 1.15. The number of hydrogen-bond acceptors (Lipinski definition) is 6. The maximum absolute atomic E-state index is 5.62. The molecule has 9 heteroatoms. The summed E-state index contributed by atoms with van der Waals surface area (Å²) in [6.45, 7) is 9.07. The van der Waals surface area contributed by atoms with Crippen LogP contribution in [0.1, 0.15) is 12.5 Å². The fourth-order valence-corrected chi connectivity index (χ4v) is 3.94. The topological polar surface area (TPSA) is 69.1 Å². The number of anilines is 2. The van der Waals surface area contributed by atoms with Crippen LogP contribution in [0.15, 0.2) is 47.7 Å². The summed E-state index contributed by atoms with van der Waals surface area (Å²) in [5.74, 6) is 2.99. The number of piperazine rings is 1. The Kier molecular flexibility index (Phi) is 8.70. The van der Waals surface area contributed by atoms with Crippen molar-refractivity contribution < 1.29 is 4.74 Å². The lowest BCUT2D eigenvalue weighted by Gasteiger charge is -2.37. The number of aromatic nitrogens is 2. The van der Waals surface area contributed by atoms with Gasteiger partial charge in [0, 0.05) is 65.3 Å². The van der Waals surface area contributed by atoms with E-state index in [4.69, 9.17) is 4.74 Å². The molecule has 2 saturated heterocycles. The first-order chi connectivity index (χ1) is 14.7. The van der Waals surface area contributed by atoms with Gasteiger partial charge in [-0.1, -0.05) is 12.1 Å². The lowest BCUT2D eigenvalue weighted by atomic mass is 10.2. The number of ether oxygens (including phenoxy) is 1. The third kappa shape index (κ3) is 6.19. The van der Waals surface area contributed by atoms with Gasteiger partial charge in [-0.3, -0.25) is 4.99 Å². The van der Waals surface area contributed by atoms with E-state index in [1.165, 1.54) is 0 Å². The molecule has 0 aliphatic carbocycles. The van der Waals surface area contributed by atoms with Crippen molar-refractivity contribution in [3.8, 4) is 0 Å². The summed E-state index contributed by atoms with van der Waals surface area (Å²) < 4.78 is 5.62. The normalized spacial score (nSPS) is 19.7. The molecule has 4 heterocycles. The highest BCUT2D eigenvalue weighted by molar-refractivity contribution is 14.0. The van der Waals surface area contributed by atoms with Gasteiger partial charge >= 0.3 is 0 Å². The molecular weight excluding hydrogens is 505 g/mol. The van der Waals surface area contributed by atoms with Crippen molar-refractivity contribution in [1.82, 2.24) is 20.2 Å². The average Bonchev–Trinajstić information content (AvgIpc) is 2.81. The molecule has 1 unspecified atom stereocenters. The van der Waals surface area contributed by atoms with Crippen molar-refractivity contribution in [3.05, 3.63) is 48.3 Å². The van der Waals surface area contributed by atoms with E-state index in [2.05, 4.69) is 60.1 Å². The van der Waals surface area contributed by atoms with E-state index in [0.29, 0.717) is 6.54 Å². The van der Waals surface area contributed by atoms with Crippen LogP contribution in [0.5, 0.6) is 0 Å². The number of hydrogen-bond donors (Lipinski definition) is 1. The Hall–Kier alpha value is -2.14. The third-order valence-corrected chi connectivity index (χ3v) is 5.59. The molecule has 2 aliphatic heterocycles. The monoisotopic (exact) mass is 537 g/mol. The first kappa shape index (κ1) is 23.5. The summed E-state index contributed by atoms with van der Waals surface area (Å²) in [4.78, 5) is 20.5. The summed E-state index contributed by atoms with van der Waals surface area (Å²) in [7, 11) is 1.84. The zero-order valence-electron chi connectivity index (χ0n) is 18.3. The number of guanidine groups is 1. The van der Waals surface area contributed by atoms with E-state index in [9.17, 15) is 0 Å². The Morgan fingerprint density at radius 1 is 1.06 bits per heavy atom. The lowest BCUT2D eigenvalue weighted by molar-refractivity contribution is 0.0529. The molecule has 2 aromatic rings. The summed E-state index contributed by atoms with van der Waals surface area (Å²) in [5, 5.41) is 3.48. The smallest absolute Gasteiger partial charge is 0.194 e. The maximum Gasteiger partial charge on any atom is 0.194 e. The molecule has 0 radical (unpaired) electrons. The van der Waals surface area contributed by atoms with Gasteiger partial charge in [-0.05, 0) is 30.7 Å². The first-order valence-corrected chi connectivity index (χ1v) is 10.7. The summed E-state index contributed by atoms with van der Waals surface area (Å²) >= 11 is 0. The third-order valence-electron chi connectivity index (χ3n) is 5.59. The fraction of sp³-hybridized carbons (Fsp3) is 0.500. The van der Waals surface area contributed by atoms with Crippen molar-refractivity contribution in [2.45, 2.75) is 19.6 Å². The van der Waals surface area contributed by atoms with Gasteiger partial charge < -0.3 is 24.8 Å². The molecule has 4 rings (SSSR count). The van der Waals surface area contributed by atoms with E-state index >= 15 is 0 Å². The minimum atomic E-state index is 0. The van der Waals surface area contributed by atoms with Crippen LogP contribution in [0.25, 0.3) is 0 Å². The molecular formula is C22H32IN7O. The standard InChI is InChI=1S/C22H31N7O.HI/c1-18-17-29(13-14-30-18)21-7-6-19(15-25-21)16-26-22(23-2)28-11-9-27(10-12-28)20-5-3-4-8-24-20;/h3-8,15,18H,9-14,16-17H2,1-2H3,(H,23,26);1H. The van der Waals surface area contributed by atoms with Gasteiger partial charge in [0.1, 0.15) is 11.6 Å². The lowest BCUT2D eigenvalue weighted by Crippen LogP contribution is -2.52. The molecule has 0 amide bonds. The zero-order valence-corrected chi connectivity index (χ0v) is 20.6. The second-order valence-corrected chi connectivity index (χ2v) is 7.71. The van der Waals surface area contributed by atoms with Crippen LogP contribution in [-0.2, 0) is 11.3 Å². The average molecular weight is 537 g/mol. The molecule has 2 fully saturated rings. The van der Waals surface area contributed by atoms with Crippen LogP contribution in [0.4, 0.5) is 11.6 Å². The number of nitrogens with zero attached hydrogens (tertiary/aromatic N) is 6. The zero-order chi connectivity index (χ0) is 20.8. The van der Waals surface area contributed by atoms with E-state index < -0.39 is 0 Å². The number of nitrogens with one attached hydrogen (secondary N) is 1. The first-order valence-electron chi connectivity index (χ1n) is 10.7. The highest BCUT2D eigenvalue weighted by atomic mass is 127. The van der Waals surface area contributed by atoms with E-state index in [0.717, 1.165) is 69.0 Å². The molecule has 1 atom stereocenters. The van der Waals surface area contributed by atoms with Crippen LogP contribution in [0.2, 0.25) is 0 Å². The number of morpholine rings is 1. The Balaban J connectivity index is 0.00000272. The second kappa shape index (κ2) is 11.5. The molecule has 0 spiro atoms. The number of rotatable bonds is 4. The minimum absolute atomic E-state index is 0. The van der Waals surface area contributed by atoms with E-state index in [1.807, 2.05) is 31.6 Å². The van der Waals surface area contributed by atoms with E-state index in [-0.39, 0.29) is 30.1 Å². The Morgan fingerprint density at radius 2 is 1.87 bits per heavy atom. The van der Waals surface area contributed by atoms with Gasteiger partial charge in [0.15, 0.2) is 5.96 Å². The molecule has 2 aromatic heterocycles. The van der Waals surface area contributed by atoms with Crippen molar-refractivity contribution in [2.24, 2.45) is 4.99 Å². The van der Waals surface area contributed by atoms with Crippen LogP contribution < -0.4 is 15.1 Å². The second-order valence-electron chi connectivity index (χ2n) is 7.71. The van der Waals surface area contributed by atoms with Gasteiger partial charge in [0.25, 0.3) is 0 Å². The van der Waals surface area contributed by atoms with Gasteiger partial charge in [0.05, 0.1) is 12.7 Å². The predicted molar refractivity (Wildman–Crippen MR) is 136 cm³/mol. The van der Waals surface area contributed by atoms with Crippen LogP contribution >= 0.6 is 24.0 Å². The molecule has 1 N–H and O–H groups in total. The van der Waals surface area contributed by atoms with Crippen molar-refractivity contribution in [1.29, 1.82) is 0 Å². The molecule has 31 heavy (non-hydrogen) atoms. The van der Waals surface area contributed by atoms with Crippen molar-refractivity contribution >= 4 is 41.6 Å². The van der Waals surface area contributed by atoms with Gasteiger partial charge in [-0.2, -0.15) is 0 Å².